The molecule has 0 aromatic carbocycles. The van der Waals surface area contributed by atoms with Gasteiger partial charge in [0.1, 0.15) is 16.9 Å². The van der Waals surface area contributed by atoms with Crippen molar-refractivity contribution >= 4 is 33.6 Å². The second kappa shape index (κ2) is 8.39. The lowest BCUT2D eigenvalue weighted by atomic mass is 10.2. The molecule has 0 spiro atoms. The van der Waals surface area contributed by atoms with Crippen molar-refractivity contribution in [3.05, 3.63) is 45.0 Å². The summed E-state index contributed by atoms with van der Waals surface area (Å²) in [4.78, 5) is 12.8. The number of nitrogens with one attached hydrogen (secondary N) is 1. The molecule has 3 aromatic rings. The van der Waals surface area contributed by atoms with Crippen LogP contribution in [0.1, 0.15) is 33.6 Å². The van der Waals surface area contributed by atoms with E-state index in [4.69, 9.17) is 9.72 Å². The van der Waals surface area contributed by atoms with Crippen molar-refractivity contribution in [2.45, 2.75) is 32.9 Å². The molecule has 4 rings (SSSR count). The maximum absolute atomic E-state index is 5.99. The van der Waals surface area contributed by atoms with E-state index < -0.39 is 0 Å². The van der Waals surface area contributed by atoms with E-state index in [1.807, 2.05) is 31.3 Å². The SMILES string of the molecule is CCc1nnc(Nc2cccc([C@@H]3CN(Cc4cnc(C)s4)CCO3)n2)s1. The number of morpholine rings is 1. The molecule has 3 aromatic heterocycles. The van der Waals surface area contributed by atoms with Gasteiger partial charge in [0.2, 0.25) is 5.13 Å². The third kappa shape index (κ3) is 4.67. The van der Waals surface area contributed by atoms with Gasteiger partial charge in [0, 0.05) is 30.7 Å². The Morgan fingerprint density at radius 3 is 3.00 bits per heavy atom. The first-order valence-corrected chi connectivity index (χ1v) is 10.6. The van der Waals surface area contributed by atoms with Crippen molar-refractivity contribution in [3.8, 4) is 0 Å². The first-order valence-electron chi connectivity index (χ1n) is 9.01. The molecule has 7 nitrogen and oxygen atoms in total. The van der Waals surface area contributed by atoms with Gasteiger partial charge in [0.25, 0.3) is 0 Å². The molecular formula is C18H22N6OS2. The van der Waals surface area contributed by atoms with Gasteiger partial charge in [-0.3, -0.25) is 4.90 Å². The van der Waals surface area contributed by atoms with E-state index >= 15 is 0 Å². The van der Waals surface area contributed by atoms with Gasteiger partial charge in [-0.1, -0.05) is 24.3 Å². The Balaban J connectivity index is 1.42. The van der Waals surface area contributed by atoms with Crippen molar-refractivity contribution in [2.75, 3.05) is 25.0 Å². The Hall–Kier alpha value is -1.94. The second-order valence-electron chi connectivity index (χ2n) is 6.37. The van der Waals surface area contributed by atoms with E-state index in [2.05, 4.69) is 32.3 Å². The molecule has 0 saturated carbocycles. The number of pyridine rings is 1. The summed E-state index contributed by atoms with van der Waals surface area (Å²) in [5.41, 5.74) is 0.936. The van der Waals surface area contributed by atoms with Crippen LogP contribution in [0.3, 0.4) is 0 Å². The van der Waals surface area contributed by atoms with Gasteiger partial charge in [0.05, 0.1) is 17.3 Å². The topological polar surface area (TPSA) is 76.1 Å². The molecule has 4 heterocycles. The summed E-state index contributed by atoms with van der Waals surface area (Å²) >= 11 is 3.31. The van der Waals surface area contributed by atoms with E-state index in [0.29, 0.717) is 6.61 Å². The largest absolute Gasteiger partial charge is 0.369 e. The van der Waals surface area contributed by atoms with E-state index in [0.717, 1.165) is 52.7 Å². The molecular weight excluding hydrogens is 380 g/mol. The van der Waals surface area contributed by atoms with E-state index in [-0.39, 0.29) is 6.10 Å². The van der Waals surface area contributed by atoms with Crippen molar-refractivity contribution in [3.63, 3.8) is 0 Å². The summed E-state index contributed by atoms with van der Waals surface area (Å²) < 4.78 is 5.99. The van der Waals surface area contributed by atoms with Gasteiger partial charge in [-0.2, -0.15) is 0 Å². The lowest BCUT2D eigenvalue weighted by molar-refractivity contribution is -0.0346. The fraction of sp³-hybridized carbons (Fsp3) is 0.444. The van der Waals surface area contributed by atoms with Gasteiger partial charge in [-0.25, -0.2) is 9.97 Å². The zero-order valence-electron chi connectivity index (χ0n) is 15.4. The fourth-order valence-corrected chi connectivity index (χ4v) is 4.50. The highest BCUT2D eigenvalue weighted by Crippen LogP contribution is 2.25. The number of nitrogens with zero attached hydrogens (tertiary/aromatic N) is 5. The number of hydrogen-bond donors (Lipinski definition) is 1. The minimum absolute atomic E-state index is 0.0323. The number of anilines is 2. The average Bonchev–Trinajstić information content (AvgIpc) is 3.31. The molecule has 1 atom stereocenters. The molecule has 27 heavy (non-hydrogen) atoms. The highest BCUT2D eigenvalue weighted by Gasteiger charge is 2.24. The molecule has 0 aliphatic carbocycles. The second-order valence-corrected chi connectivity index (χ2v) is 8.75. The Bertz CT molecular complexity index is 895. The lowest BCUT2D eigenvalue weighted by Crippen LogP contribution is -2.37. The highest BCUT2D eigenvalue weighted by atomic mass is 32.1. The van der Waals surface area contributed by atoms with Crippen LogP contribution in [0.4, 0.5) is 10.9 Å². The Morgan fingerprint density at radius 2 is 2.22 bits per heavy atom. The minimum Gasteiger partial charge on any atom is -0.369 e. The Labute approximate surface area is 166 Å². The van der Waals surface area contributed by atoms with Crippen LogP contribution in [0.25, 0.3) is 0 Å². The van der Waals surface area contributed by atoms with Crippen molar-refractivity contribution in [1.29, 1.82) is 0 Å². The number of hydrogen-bond acceptors (Lipinski definition) is 9. The normalized spacial score (nSPS) is 17.9. The maximum atomic E-state index is 5.99. The predicted molar refractivity (Wildman–Crippen MR) is 108 cm³/mol. The number of rotatable bonds is 6. The summed E-state index contributed by atoms with van der Waals surface area (Å²) in [7, 11) is 0. The monoisotopic (exact) mass is 402 g/mol. The third-order valence-corrected chi connectivity index (χ3v) is 6.18. The molecule has 1 fully saturated rings. The Kier molecular flexibility index (Phi) is 5.72. The molecule has 0 amide bonds. The third-order valence-electron chi connectivity index (χ3n) is 4.30. The van der Waals surface area contributed by atoms with E-state index in [1.54, 1.807) is 22.7 Å². The van der Waals surface area contributed by atoms with Gasteiger partial charge >= 0.3 is 0 Å². The Morgan fingerprint density at radius 1 is 1.30 bits per heavy atom. The number of aromatic nitrogens is 4. The number of ether oxygens (including phenoxy) is 1. The van der Waals surface area contributed by atoms with Crippen LogP contribution in [-0.2, 0) is 17.7 Å². The first-order chi connectivity index (χ1) is 13.2. The maximum Gasteiger partial charge on any atom is 0.211 e. The minimum atomic E-state index is -0.0323. The highest BCUT2D eigenvalue weighted by molar-refractivity contribution is 7.15. The molecule has 1 N–H and O–H groups in total. The van der Waals surface area contributed by atoms with Crippen LogP contribution in [-0.4, -0.2) is 44.8 Å². The van der Waals surface area contributed by atoms with Crippen molar-refractivity contribution in [2.24, 2.45) is 0 Å². The summed E-state index contributed by atoms with van der Waals surface area (Å²) in [5, 5.41) is 14.4. The van der Waals surface area contributed by atoms with Gasteiger partial charge in [-0.05, 0) is 25.5 Å². The summed E-state index contributed by atoms with van der Waals surface area (Å²) in [6, 6.07) is 5.96. The molecule has 0 bridgehead atoms. The van der Waals surface area contributed by atoms with Crippen LogP contribution in [0.5, 0.6) is 0 Å². The zero-order chi connectivity index (χ0) is 18.6. The number of thiazole rings is 1. The van der Waals surface area contributed by atoms with Crippen LogP contribution in [0.2, 0.25) is 0 Å². The predicted octanol–water partition coefficient (Wildman–Crippen LogP) is 3.58. The van der Waals surface area contributed by atoms with E-state index in [1.165, 1.54) is 4.88 Å². The summed E-state index contributed by atoms with van der Waals surface area (Å²) in [6.45, 7) is 7.48. The standard InChI is InChI=1S/C18H22N6OS2/c1-3-17-22-23-18(27-17)21-16-6-4-5-14(20-16)15-11-24(7-8-25-15)10-13-9-19-12(2)26-13/h4-6,9,15H,3,7-8,10-11H2,1-2H3,(H,20,21,23)/t15-/m0/s1. The molecule has 1 saturated heterocycles. The average molecular weight is 403 g/mol. The molecule has 0 radical (unpaired) electrons. The number of aryl methyl sites for hydroxylation is 2. The van der Waals surface area contributed by atoms with Crippen molar-refractivity contribution < 1.29 is 4.74 Å². The molecule has 1 aliphatic rings. The van der Waals surface area contributed by atoms with Crippen LogP contribution >= 0.6 is 22.7 Å². The van der Waals surface area contributed by atoms with Crippen LogP contribution < -0.4 is 5.32 Å². The molecule has 142 valence electrons. The fourth-order valence-electron chi connectivity index (χ4n) is 2.98. The molecule has 1 aliphatic heterocycles. The van der Waals surface area contributed by atoms with Crippen LogP contribution in [0, 0.1) is 6.92 Å². The van der Waals surface area contributed by atoms with Gasteiger partial charge in [-0.15, -0.1) is 21.5 Å². The zero-order valence-corrected chi connectivity index (χ0v) is 17.0. The molecule has 0 unspecified atom stereocenters. The molecule has 9 heteroatoms. The summed E-state index contributed by atoms with van der Waals surface area (Å²) in [5.74, 6) is 0.769. The smallest absolute Gasteiger partial charge is 0.211 e. The summed E-state index contributed by atoms with van der Waals surface area (Å²) in [6.07, 6.45) is 2.83. The van der Waals surface area contributed by atoms with Gasteiger partial charge < -0.3 is 10.1 Å². The van der Waals surface area contributed by atoms with Crippen LogP contribution in [0.15, 0.2) is 24.4 Å². The van der Waals surface area contributed by atoms with Gasteiger partial charge in [0.15, 0.2) is 0 Å². The lowest BCUT2D eigenvalue weighted by Gasteiger charge is -2.32. The van der Waals surface area contributed by atoms with Crippen molar-refractivity contribution in [1.82, 2.24) is 25.1 Å². The van der Waals surface area contributed by atoms with E-state index in [9.17, 15) is 0 Å². The first kappa shape index (κ1) is 18.4. The quantitative estimate of drug-likeness (QED) is 0.675.